The zero-order valence-electron chi connectivity index (χ0n) is 7.38. The number of aliphatic hydroxyl groups is 1. The molecule has 3 nitrogen and oxygen atoms in total. The molecule has 1 unspecified atom stereocenters. The Hall–Kier alpha value is -0.410. The van der Waals surface area contributed by atoms with Gasteiger partial charge in [0.1, 0.15) is 5.78 Å². The minimum atomic E-state index is 0.213. The first-order valence-corrected chi connectivity index (χ1v) is 4.69. The van der Waals surface area contributed by atoms with Gasteiger partial charge in [0.25, 0.3) is 0 Å². The van der Waals surface area contributed by atoms with Crippen LogP contribution in [-0.4, -0.2) is 30.6 Å². The number of unbranched alkanes of at least 4 members (excludes halogenated alkanes) is 1. The molecule has 1 rings (SSSR count). The summed E-state index contributed by atoms with van der Waals surface area (Å²) in [5, 5.41) is 11.8. The lowest BCUT2D eigenvalue weighted by Gasteiger charge is -2.21. The van der Waals surface area contributed by atoms with Crippen molar-refractivity contribution in [3.63, 3.8) is 0 Å². The van der Waals surface area contributed by atoms with E-state index >= 15 is 0 Å². The maximum Gasteiger partial charge on any atom is 0.138 e. The Bertz CT molecular complexity index is 147. The van der Waals surface area contributed by atoms with E-state index in [-0.39, 0.29) is 12.5 Å². The number of carbonyl (C=O) groups excluding carboxylic acids is 1. The maximum absolute atomic E-state index is 11.3. The normalized spacial score (nSPS) is 24.4. The highest BCUT2D eigenvalue weighted by Crippen LogP contribution is 2.13. The minimum Gasteiger partial charge on any atom is -0.396 e. The van der Waals surface area contributed by atoms with Crippen molar-refractivity contribution in [2.45, 2.75) is 25.7 Å². The van der Waals surface area contributed by atoms with Crippen molar-refractivity contribution in [2.24, 2.45) is 5.92 Å². The molecule has 70 valence electrons. The third-order valence-electron chi connectivity index (χ3n) is 2.35. The molecule has 1 aliphatic rings. The van der Waals surface area contributed by atoms with Gasteiger partial charge in [-0.3, -0.25) is 4.79 Å². The Balaban J connectivity index is 2.16. The molecule has 1 saturated heterocycles. The van der Waals surface area contributed by atoms with Crippen LogP contribution in [0.5, 0.6) is 0 Å². The first-order valence-electron chi connectivity index (χ1n) is 4.69. The van der Waals surface area contributed by atoms with Gasteiger partial charge in [0.2, 0.25) is 0 Å². The second-order valence-electron chi connectivity index (χ2n) is 3.34. The molecule has 0 saturated carbocycles. The lowest BCUT2D eigenvalue weighted by atomic mass is 9.93. The van der Waals surface area contributed by atoms with Gasteiger partial charge in [-0.25, -0.2) is 0 Å². The fourth-order valence-electron chi connectivity index (χ4n) is 1.57. The van der Waals surface area contributed by atoms with Crippen molar-refractivity contribution in [3.05, 3.63) is 0 Å². The summed E-state index contributed by atoms with van der Waals surface area (Å²) >= 11 is 0. The summed E-state index contributed by atoms with van der Waals surface area (Å²) in [7, 11) is 0. The zero-order valence-corrected chi connectivity index (χ0v) is 7.38. The zero-order chi connectivity index (χ0) is 8.81. The number of nitrogens with one attached hydrogen (secondary N) is 1. The summed E-state index contributed by atoms with van der Waals surface area (Å²) < 4.78 is 0. The van der Waals surface area contributed by atoms with Crippen LogP contribution in [0.4, 0.5) is 0 Å². The Kier molecular flexibility index (Phi) is 4.25. The average molecular weight is 171 g/mol. The van der Waals surface area contributed by atoms with Crippen LogP contribution in [0.3, 0.4) is 0 Å². The van der Waals surface area contributed by atoms with E-state index in [4.69, 9.17) is 5.11 Å². The molecule has 0 radical (unpaired) electrons. The van der Waals surface area contributed by atoms with Crippen molar-refractivity contribution >= 4 is 5.78 Å². The molecule has 1 heterocycles. The van der Waals surface area contributed by atoms with Gasteiger partial charge < -0.3 is 10.4 Å². The number of hydrogen-bond donors (Lipinski definition) is 2. The van der Waals surface area contributed by atoms with Crippen molar-refractivity contribution in [1.82, 2.24) is 5.32 Å². The van der Waals surface area contributed by atoms with Crippen molar-refractivity contribution < 1.29 is 9.90 Å². The van der Waals surface area contributed by atoms with E-state index in [9.17, 15) is 4.79 Å². The first-order chi connectivity index (χ1) is 5.84. The van der Waals surface area contributed by atoms with E-state index in [1.807, 2.05) is 0 Å². The van der Waals surface area contributed by atoms with Crippen LogP contribution in [0.1, 0.15) is 25.7 Å². The lowest BCUT2D eigenvalue weighted by molar-refractivity contribution is -0.124. The first kappa shape index (κ1) is 9.68. The number of aliphatic hydroxyl groups excluding tert-OH is 1. The molecule has 1 atom stereocenters. The molecule has 0 aromatic carbocycles. The molecule has 3 heteroatoms. The van der Waals surface area contributed by atoms with Gasteiger partial charge in [0, 0.05) is 32.0 Å². The fraction of sp³-hybridized carbons (Fsp3) is 0.889. The second-order valence-corrected chi connectivity index (χ2v) is 3.34. The standard InChI is InChI=1S/C9H17NO2/c11-6-2-1-3-8-7-10-5-4-9(8)12/h8,10-11H,1-7H2. The summed E-state index contributed by atoms with van der Waals surface area (Å²) in [6, 6.07) is 0. The van der Waals surface area contributed by atoms with Crippen LogP contribution in [0, 0.1) is 5.92 Å². The van der Waals surface area contributed by atoms with Gasteiger partial charge in [-0.2, -0.15) is 0 Å². The number of rotatable bonds is 4. The molecule has 0 aromatic rings. The summed E-state index contributed by atoms with van der Waals surface area (Å²) in [5.74, 6) is 0.608. The summed E-state index contributed by atoms with van der Waals surface area (Å²) in [5.41, 5.74) is 0. The second kappa shape index (κ2) is 5.27. The number of ketones is 1. The quantitative estimate of drug-likeness (QED) is 0.599. The fourth-order valence-corrected chi connectivity index (χ4v) is 1.57. The number of piperidine rings is 1. The highest BCUT2D eigenvalue weighted by atomic mass is 16.2. The molecule has 0 bridgehead atoms. The monoisotopic (exact) mass is 171 g/mol. The van der Waals surface area contributed by atoms with E-state index in [1.54, 1.807) is 0 Å². The Morgan fingerprint density at radius 2 is 2.33 bits per heavy atom. The smallest absolute Gasteiger partial charge is 0.138 e. The molecule has 1 fully saturated rings. The molecule has 1 aliphatic heterocycles. The van der Waals surface area contributed by atoms with Crippen molar-refractivity contribution in [3.8, 4) is 0 Å². The molecule has 2 N–H and O–H groups in total. The van der Waals surface area contributed by atoms with Crippen LogP contribution in [0.25, 0.3) is 0 Å². The molecule has 0 aliphatic carbocycles. The highest BCUT2D eigenvalue weighted by molar-refractivity contribution is 5.82. The lowest BCUT2D eigenvalue weighted by Crippen LogP contribution is -2.36. The topological polar surface area (TPSA) is 49.3 Å². The maximum atomic E-state index is 11.3. The molecule has 0 aromatic heterocycles. The Morgan fingerprint density at radius 1 is 1.50 bits per heavy atom. The van der Waals surface area contributed by atoms with E-state index < -0.39 is 0 Å². The summed E-state index contributed by atoms with van der Waals surface area (Å²) in [4.78, 5) is 11.3. The van der Waals surface area contributed by atoms with Crippen LogP contribution in [-0.2, 0) is 4.79 Å². The van der Waals surface area contributed by atoms with Crippen LogP contribution in [0.15, 0.2) is 0 Å². The van der Waals surface area contributed by atoms with Gasteiger partial charge in [0.05, 0.1) is 0 Å². The Labute approximate surface area is 73.2 Å². The number of Topliss-reactive ketones (excluding diaryl/α,β-unsaturated/α-hetero) is 1. The molecular weight excluding hydrogens is 154 g/mol. The van der Waals surface area contributed by atoms with Crippen LogP contribution < -0.4 is 5.32 Å². The van der Waals surface area contributed by atoms with E-state index in [0.29, 0.717) is 12.2 Å². The van der Waals surface area contributed by atoms with Gasteiger partial charge >= 0.3 is 0 Å². The molecule has 12 heavy (non-hydrogen) atoms. The summed E-state index contributed by atoms with van der Waals surface area (Å²) in [6.45, 7) is 1.92. The average Bonchev–Trinajstić information content (AvgIpc) is 2.09. The van der Waals surface area contributed by atoms with Gasteiger partial charge in [-0.15, -0.1) is 0 Å². The van der Waals surface area contributed by atoms with E-state index in [2.05, 4.69) is 5.32 Å². The van der Waals surface area contributed by atoms with Crippen LogP contribution in [0.2, 0.25) is 0 Å². The molecule has 0 amide bonds. The van der Waals surface area contributed by atoms with Crippen molar-refractivity contribution in [1.29, 1.82) is 0 Å². The molecular formula is C9H17NO2. The predicted molar refractivity (Wildman–Crippen MR) is 46.9 cm³/mol. The largest absolute Gasteiger partial charge is 0.396 e. The number of hydrogen-bond acceptors (Lipinski definition) is 3. The summed E-state index contributed by atoms with van der Waals surface area (Å²) in [6.07, 6.45) is 3.41. The van der Waals surface area contributed by atoms with Crippen molar-refractivity contribution in [2.75, 3.05) is 19.7 Å². The SMILES string of the molecule is O=C1CCNCC1CCCCO. The predicted octanol–water partition coefficient (Wildman–Crippen LogP) is 0.328. The van der Waals surface area contributed by atoms with Gasteiger partial charge in [-0.05, 0) is 12.8 Å². The number of carbonyl (C=O) groups is 1. The third kappa shape index (κ3) is 2.91. The van der Waals surface area contributed by atoms with Gasteiger partial charge in [-0.1, -0.05) is 6.42 Å². The van der Waals surface area contributed by atoms with E-state index in [0.717, 1.165) is 32.4 Å². The highest BCUT2D eigenvalue weighted by Gasteiger charge is 2.20. The van der Waals surface area contributed by atoms with Gasteiger partial charge in [0.15, 0.2) is 0 Å². The van der Waals surface area contributed by atoms with Crippen LogP contribution >= 0.6 is 0 Å². The third-order valence-corrected chi connectivity index (χ3v) is 2.35. The van der Waals surface area contributed by atoms with E-state index in [1.165, 1.54) is 0 Å². The molecule has 0 spiro atoms. The Morgan fingerprint density at radius 3 is 3.00 bits per heavy atom. The minimum absolute atomic E-state index is 0.213.